The maximum absolute atomic E-state index is 12.4. The van der Waals surface area contributed by atoms with Crippen LogP contribution in [0.5, 0.6) is 0 Å². The zero-order valence-electron chi connectivity index (χ0n) is 15.8. The molecule has 0 aliphatic rings. The van der Waals surface area contributed by atoms with E-state index in [4.69, 9.17) is 4.74 Å². The topological polar surface area (TPSA) is 59.5 Å². The molecule has 1 heterocycles. The third-order valence-corrected chi connectivity index (χ3v) is 6.54. The molecule has 0 saturated carbocycles. The van der Waals surface area contributed by atoms with Gasteiger partial charge in [0.05, 0.1) is 22.7 Å². The number of thioether (sulfide) groups is 1. The SMILES string of the molecule is C[C@H](c1nc2ccccc2s1)N(C)C(=O)COC(=O)CCSc1ccccc1. The van der Waals surface area contributed by atoms with E-state index in [9.17, 15) is 9.59 Å². The molecule has 28 heavy (non-hydrogen) atoms. The summed E-state index contributed by atoms with van der Waals surface area (Å²) < 4.78 is 6.24. The van der Waals surface area contributed by atoms with Gasteiger partial charge < -0.3 is 9.64 Å². The van der Waals surface area contributed by atoms with Crippen molar-refractivity contribution in [1.82, 2.24) is 9.88 Å². The Kier molecular flexibility index (Phi) is 7.06. The smallest absolute Gasteiger partial charge is 0.307 e. The summed E-state index contributed by atoms with van der Waals surface area (Å²) >= 11 is 3.16. The molecule has 0 saturated heterocycles. The molecule has 0 radical (unpaired) electrons. The van der Waals surface area contributed by atoms with Gasteiger partial charge >= 0.3 is 5.97 Å². The number of likely N-dealkylation sites (N-methyl/N-ethyl adjacent to an activating group) is 1. The monoisotopic (exact) mass is 414 g/mol. The van der Waals surface area contributed by atoms with Gasteiger partial charge in [0, 0.05) is 17.7 Å². The van der Waals surface area contributed by atoms with Crippen LogP contribution in [0.3, 0.4) is 0 Å². The number of thiazole rings is 1. The summed E-state index contributed by atoms with van der Waals surface area (Å²) in [7, 11) is 1.71. The van der Waals surface area contributed by atoms with Gasteiger partial charge in [-0.15, -0.1) is 23.1 Å². The first-order chi connectivity index (χ1) is 13.5. The van der Waals surface area contributed by atoms with Crippen LogP contribution >= 0.6 is 23.1 Å². The number of carbonyl (C=O) groups is 2. The highest BCUT2D eigenvalue weighted by Gasteiger charge is 2.21. The molecule has 0 aliphatic carbocycles. The number of hydrogen-bond donors (Lipinski definition) is 0. The van der Waals surface area contributed by atoms with Crippen molar-refractivity contribution in [2.24, 2.45) is 0 Å². The molecular formula is C21H22N2O3S2. The first-order valence-corrected chi connectivity index (χ1v) is 10.8. The highest BCUT2D eigenvalue weighted by Crippen LogP contribution is 2.28. The van der Waals surface area contributed by atoms with Crippen molar-refractivity contribution in [1.29, 1.82) is 0 Å². The first kappa shape index (κ1) is 20.4. The van der Waals surface area contributed by atoms with Gasteiger partial charge in [-0.1, -0.05) is 30.3 Å². The summed E-state index contributed by atoms with van der Waals surface area (Å²) in [6, 6.07) is 17.6. The van der Waals surface area contributed by atoms with E-state index >= 15 is 0 Å². The maximum atomic E-state index is 12.4. The molecule has 0 aliphatic heterocycles. The Morgan fingerprint density at radius 3 is 2.61 bits per heavy atom. The number of para-hydroxylation sites is 1. The van der Waals surface area contributed by atoms with Crippen LogP contribution in [0, 0.1) is 0 Å². The molecule has 0 fully saturated rings. The second-order valence-corrected chi connectivity index (χ2v) is 8.50. The van der Waals surface area contributed by atoms with Gasteiger partial charge in [-0.3, -0.25) is 9.59 Å². The van der Waals surface area contributed by atoms with Crippen molar-refractivity contribution in [3.63, 3.8) is 0 Å². The van der Waals surface area contributed by atoms with Crippen LogP contribution in [0.2, 0.25) is 0 Å². The average Bonchev–Trinajstić information content (AvgIpc) is 3.16. The lowest BCUT2D eigenvalue weighted by molar-refractivity contribution is -0.151. The van der Waals surface area contributed by atoms with Gasteiger partial charge in [-0.2, -0.15) is 0 Å². The van der Waals surface area contributed by atoms with Gasteiger partial charge in [0.2, 0.25) is 0 Å². The van der Waals surface area contributed by atoms with Crippen LogP contribution < -0.4 is 0 Å². The number of ether oxygens (including phenoxy) is 1. The van der Waals surface area contributed by atoms with Gasteiger partial charge in [-0.05, 0) is 31.2 Å². The molecule has 0 bridgehead atoms. The summed E-state index contributed by atoms with van der Waals surface area (Å²) in [6.07, 6.45) is 0.268. The Hall–Kier alpha value is -2.38. The van der Waals surface area contributed by atoms with Gasteiger partial charge in [0.1, 0.15) is 5.01 Å². The molecule has 3 rings (SSSR count). The molecule has 1 amide bonds. The van der Waals surface area contributed by atoms with Crippen LogP contribution in [-0.2, 0) is 14.3 Å². The maximum Gasteiger partial charge on any atom is 0.307 e. The lowest BCUT2D eigenvalue weighted by Crippen LogP contribution is -2.33. The highest BCUT2D eigenvalue weighted by atomic mass is 32.2. The fraction of sp³-hybridized carbons (Fsp3) is 0.286. The number of rotatable bonds is 8. The van der Waals surface area contributed by atoms with Crippen molar-refractivity contribution >= 4 is 45.2 Å². The molecule has 1 aromatic heterocycles. The predicted octanol–water partition coefficient (Wildman–Crippen LogP) is 4.54. The lowest BCUT2D eigenvalue weighted by atomic mass is 10.3. The summed E-state index contributed by atoms with van der Waals surface area (Å²) in [5, 5.41) is 0.864. The van der Waals surface area contributed by atoms with Crippen molar-refractivity contribution in [3.05, 3.63) is 59.6 Å². The summed E-state index contributed by atoms with van der Waals surface area (Å²) in [5.74, 6) is 0.0169. The van der Waals surface area contributed by atoms with E-state index in [0.717, 1.165) is 20.1 Å². The summed E-state index contributed by atoms with van der Waals surface area (Å²) in [4.78, 5) is 31.6. The Balaban J connectivity index is 1.44. The van der Waals surface area contributed by atoms with Gasteiger partial charge in [0.15, 0.2) is 6.61 Å². The van der Waals surface area contributed by atoms with Crippen molar-refractivity contribution < 1.29 is 14.3 Å². The highest BCUT2D eigenvalue weighted by molar-refractivity contribution is 7.99. The minimum Gasteiger partial charge on any atom is -0.456 e. The quantitative estimate of drug-likeness (QED) is 0.400. The average molecular weight is 415 g/mol. The van der Waals surface area contributed by atoms with Gasteiger partial charge in [-0.25, -0.2) is 4.98 Å². The standard InChI is InChI=1S/C21H22N2O3S2/c1-15(21-22-17-10-6-7-11-18(17)28-21)23(2)19(24)14-26-20(25)12-13-27-16-8-4-3-5-9-16/h3-11,15H,12-14H2,1-2H3/t15-/m1/s1. The van der Waals surface area contributed by atoms with E-state index in [2.05, 4.69) is 4.98 Å². The molecule has 0 N–H and O–H groups in total. The molecule has 146 valence electrons. The Morgan fingerprint density at radius 2 is 1.86 bits per heavy atom. The van der Waals surface area contributed by atoms with Crippen LogP contribution in [0.15, 0.2) is 59.5 Å². The minimum absolute atomic E-state index is 0.183. The number of benzene rings is 2. The van der Waals surface area contributed by atoms with E-state index in [1.54, 1.807) is 35.0 Å². The Labute approximate surface area is 172 Å². The van der Waals surface area contributed by atoms with E-state index in [0.29, 0.717) is 5.75 Å². The lowest BCUT2D eigenvalue weighted by Gasteiger charge is -2.23. The number of amides is 1. The summed E-state index contributed by atoms with van der Waals surface area (Å²) in [6.45, 7) is 1.68. The van der Waals surface area contributed by atoms with Crippen LogP contribution in [-0.4, -0.2) is 41.2 Å². The third-order valence-electron chi connectivity index (χ3n) is 4.32. The van der Waals surface area contributed by atoms with E-state index in [1.165, 1.54) is 0 Å². The second-order valence-electron chi connectivity index (χ2n) is 6.27. The van der Waals surface area contributed by atoms with Crippen LogP contribution in [0.25, 0.3) is 10.2 Å². The minimum atomic E-state index is -0.363. The zero-order chi connectivity index (χ0) is 19.9. The first-order valence-electron chi connectivity index (χ1n) is 8.99. The normalized spacial score (nSPS) is 11.9. The molecular weight excluding hydrogens is 392 g/mol. The fourth-order valence-corrected chi connectivity index (χ4v) is 4.45. The second kappa shape index (κ2) is 9.71. The van der Waals surface area contributed by atoms with Crippen LogP contribution in [0.1, 0.15) is 24.4 Å². The van der Waals surface area contributed by atoms with E-state index < -0.39 is 0 Å². The number of hydrogen-bond acceptors (Lipinski definition) is 6. The van der Waals surface area contributed by atoms with Crippen molar-refractivity contribution in [3.8, 4) is 0 Å². The number of aromatic nitrogens is 1. The number of nitrogens with zero attached hydrogens (tertiary/aromatic N) is 2. The molecule has 7 heteroatoms. The number of carbonyl (C=O) groups excluding carboxylic acids is 2. The molecule has 1 atom stereocenters. The molecule has 5 nitrogen and oxygen atoms in total. The fourth-order valence-electron chi connectivity index (χ4n) is 2.54. The van der Waals surface area contributed by atoms with Crippen molar-refractivity contribution in [2.45, 2.75) is 24.3 Å². The summed E-state index contributed by atoms with van der Waals surface area (Å²) in [5.41, 5.74) is 0.928. The molecule has 2 aromatic carbocycles. The Bertz CT molecular complexity index is 910. The third kappa shape index (κ3) is 5.33. The van der Waals surface area contributed by atoms with E-state index in [1.807, 2.05) is 61.5 Å². The van der Waals surface area contributed by atoms with E-state index in [-0.39, 0.29) is 30.9 Å². The number of fused-ring (bicyclic) bond motifs is 1. The largest absolute Gasteiger partial charge is 0.456 e. The molecule has 3 aromatic rings. The zero-order valence-corrected chi connectivity index (χ0v) is 17.5. The molecule has 0 unspecified atom stereocenters. The Morgan fingerprint density at radius 1 is 1.14 bits per heavy atom. The van der Waals surface area contributed by atoms with Gasteiger partial charge in [0.25, 0.3) is 5.91 Å². The van der Waals surface area contributed by atoms with Crippen molar-refractivity contribution in [2.75, 3.05) is 19.4 Å². The predicted molar refractivity (Wildman–Crippen MR) is 114 cm³/mol. The number of esters is 1. The molecule has 0 spiro atoms. The van der Waals surface area contributed by atoms with Crippen LogP contribution in [0.4, 0.5) is 0 Å².